The van der Waals surface area contributed by atoms with Crippen molar-refractivity contribution in [2.24, 2.45) is 5.73 Å². The molecule has 0 fully saturated rings. The predicted octanol–water partition coefficient (Wildman–Crippen LogP) is 5.71. The van der Waals surface area contributed by atoms with Gasteiger partial charge in [-0.1, -0.05) is 32.6 Å². The molecule has 0 amide bonds. The van der Waals surface area contributed by atoms with E-state index in [1.165, 1.54) is 61.7 Å². The Morgan fingerprint density at radius 3 is 2.09 bits per heavy atom. The summed E-state index contributed by atoms with van der Waals surface area (Å²) >= 11 is 6.48. The second-order valence-electron chi connectivity index (χ2n) is 8.25. The molecular weight excluding hydrogens is 561 g/mol. The first-order chi connectivity index (χ1) is 15.9. The molecule has 33 heavy (non-hydrogen) atoms. The zero-order valence-electron chi connectivity index (χ0n) is 19.9. The Labute approximate surface area is 215 Å². The van der Waals surface area contributed by atoms with Crippen LogP contribution in [0.15, 0.2) is 54.6 Å². The molecule has 2 aromatic rings. The van der Waals surface area contributed by atoms with Crippen molar-refractivity contribution in [1.82, 2.24) is 0 Å². The monoisotopic (exact) mass is 600 g/mol. The number of unbranched alkanes of at least 4 members (excludes halogenated alkanes) is 7. The summed E-state index contributed by atoms with van der Waals surface area (Å²) in [6.07, 6.45) is 11.9. The van der Waals surface area contributed by atoms with Gasteiger partial charge in [-0.3, -0.25) is 0 Å². The number of aryl methyl sites for hydroxylation is 1. The van der Waals surface area contributed by atoms with Gasteiger partial charge in [0, 0.05) is 0 Å². The molecule has 0 bridgehead atoms. The Kier molecular flexibility index (Phi) is 12.7. The van der Waals surface area contributed by atoms with E-state index in [0.29, 0.717) is 5.58 Å². The van der Waals surface area contributed by atoms with Gasteiger partial charge in [0.2, 0.25) is 0 Å². The van der Waals surface area contributed by atoms with E-state index in [-0.39, 0.29) is 12.4 Å². The third-order valence-electron chi connectivity index (χ3n) is 5.58. The van der Waals surface area contributed by atoms with Crippen molar-refractivity contribution in [1.29, 1.82) is 0 Å². The zero-order valence-corrected chi connectivity index (χ0v) is 24.2. The summed E-state index contributed by atoms with van der Waals surface area (Å²) in [6, 6.07) is 18.2. The van der Waals surface area contributed by atoms with Gasteiger partial charge < -0.3 is 0 Å². The summed E-state index contributed by atoms with van der Waals surface area (Å²) in [5.74, 6) is -0.325. The number of benzene rings is 2. The van der Waals surface area contributed by atoms with Gasteiger partial charge in [0.15, 0.2) is 0 Å². The van der Waals surface area contributed by atoms with E-state index in [2.05, 4.69) is 50.2 Å². The molecule has 0 aliphatic rings. The van der Waals surface area contributed by atoms with Gasteiger partial charge in [0.1, 0.15) is 0 Å². The summed E-state index contributed by atoms with van der Waals surface area (Å²) in [5.41, 5.74) is 9.13. The Morgan fingerprint density at radius 1 is 0.939 bits per heavy atom. The first kappa shape index (κ1) is 28.1. The number of rotatable bonds is 14. The average Bonchev–Trinajstić information content (AvgIpc) is 2.84. The number of carbonyl (C=O) groups is 1. The summed E-state index contributed by atoms with van der Waals surface area (Å²) < 4.78 is -0.643. The molecule has 7 heteroatoms. The molecule has 0 saturated heterocycles. The van der Waals surface area contributed by atoms with Crippen LogP contribution in [-0.4, -0.2) is 47.4 Å². The van der Waals surface area contributed by atoms with Crippen molar-refractivity contribution in [2.75, 3.05) is 0 Å². The second-order valence-corrected chi connectivity index (χ2v) is 20.7. The van der Waals surface area contributed by atoms with Gasteiger partial charge in [-0.15, -0.1) is 0 Å². The van der Waals surface area contributed by atoms with Gasteiger partial charge >= 0.3 is 184 Å². The standard InChI is InChI=1S/C26H36N2O2PSe2/c1-3-5-6-7-8-9-10-12-15-22-18-20-23(21-19-22)28(30-25(29)4-2)26(27)31(32,33)24-16-13-11-14-17-24/h11,13-14,16-21,27H,3-10,12,15H2,1-2H3/p+1. The van der Waals surface area contributed by atoms with Crippen molar-refractivity contribution in [3.05, 3.63) is 60.2 Å². The normalized spacial score (nSPS) is 13.8. The molecule has 0 aliphatic heterocycles. The van der Waals surface area contributed by atoms with Crippen molar-refractivity contribution >= 4 is 58.3 Å². The predicted molar refractivity (Wildman–Crippen MR) is 143 cm³/mol. The van der Waals surface area contributed by atoms with Crippen LogP contribution in [0.1, 0.15) is 77.2 Å². The Hall–Kier alpha value is -1.15. The first-order valence-corrected chi connectivity index (χ1v) is 18.2. The van der Waals surface area contributed by atoms with Gasteiger partial charge in [-0.05, 0) is 0 Å². The van der Waals surface area contributed by atoms with Gasteiger partial charge in [0.05, 0.1) is 0 Å². The molecule has 2 rings (SSSR count). The van der Waals surface area contributed by atoms with Crippen LogP contribution in [-0.2, 0) is 16.1 Å². The molecule has 0 aliphatic carbocycles. The van der Waals surface area contributed by atoms with Crippen molar-refractivity contribution < 1.29 is 14.4 Å². The third kappa shape index (κ3) is 9.19. The SMILES string of the molecule is CCCCCCCCCCc1ccc([N+](OC(=O)CC)=C(N)[P+]([Se])([Se-])c2ccccc2)cc1. The molecule has 179 valence electrons. The van der Waals surface area contributed by atoms with Gasteiger partial charge in [0.25, 0.3) is 0 Å². The fourth-order valence-corrected chi connectivity index (χ4v) is 7.23. The number of nitrogens with two attached hydrogens (primary N) is 1. The minimum atomic E-state index is -2.13. The summed E-state index contributed by atoms with van der Waals surface area (Å²) in [7, 11) is 0. The fraction of sp³-hybridized carbons (Fsp3) is 0.462. The molecule has 2 N–H and O–H groups in total. The van der Waals surface area contributed by atoms with E-state index < -0.39 is 4.64 Å². The summed E-state index contributed by atoms with van der Waals surface area (Å²) in [6.45, 7) is 4.03. The van der Waals surface area contributed by atoms with Crippen LogP contribution in [0, 0.1) is 0 Å². The topological polar surface area (TPSA) is 55.3 Å². The van der Waals surface area contributed by atoms with Crippen LogP contribution in [0.5, 0.6) is 0 Å². The van der Waals surface area contributed by atoms with E-state index in [9.17, 15) is 4.79 Å². The maximum absolute atomic E-state index is 12.2. The molecule has 0 atom stereocenters. The fourth-order valence-electron chi connectivity index (χ4n) is 3.54. The molecule has 0 unspecified atom stereocenters. The van der Waals surface area contributed by atoms with Crippen LogP contribution in [0.3, 0.4) is 0 Å². The van der Waals surface area contributed by atoms with Crippen molar-refractivity contribution in [2.45, 2.75) is 78.1 Å². The van der Waals surface area contributed by atoms with E-state index in [1.807, 2.05) is 42.5 Å². The molecule has 2 aromatic carbocycles. The number of hydrogen-bond donors (Lipinski definition) is 1. The summed E-state index contributed by atoms with van der Waals surface area (Å²) in [5, 5.41) is 1.06. The van der Waals surface area contributed by atoms with Crippen molar-refractivity contribution in [3.63, 3.8) is 0 Å². The third-order valence-corrected chi connectivity index (χ3v) is 12.3. The average molecular weight is 598 g/mol. The van der Waals surface area contributed by atoms with E-state index >= 15 is 0 Å². The Balaban J connectivity index is 2.09. The molecule has 0 heterocycles. The van der Waals surface area contributed by atoms with Crippen LogP contribution in [0.4, 0.5) is 5.69 Å². The molecule has 4 nitrogen and oxygen atoms in total. The number of nitrogens with zero attached hydrogens (tertiary/aromatic N) is 1. The van der Waals surface area contributed by atoms with Crippen molar-refractivity contribution in [3.8, 4) is 0 Å². The molecule has 0 spiro atoms. The Morgan fingerprint density at radius 2 is 1.52 bits per heavy atom. The summed E-state index contributed by atoms with van der Waals surface area (Å²) in [4.78, 5) is 17.8. The molecule has 0 aromatic heterocycles. The molecule has 1 radical (unpaired) electrons. The Bertz CT molecular complexity index is 887. The second kappa shape index (κ2) is 15.0. The molecular formula is C26H37N2O2PSe2+. The zero-order chi connectivity index (χ0) is 24.1. The molecule has 0 saturated carbocycles. The quantitative estimate of drug-likeness (QED) is 0.0444. The van der Waals surface area contributed by atoms with E-state index in [1.54, 1.807) is 6.92 Å². The number of carbonyl (C=O) groups excluding carboxylic acids is 1. The van der Waals surface area contributed by atoms with Crippen LogP contribution >= 0.6 is 4.64 Å². The van der Waals surface area contributed by atoms with E-state index in [4.69, 9.17) is 10.6 Å². The maximum atomic E-state index is 12.2. The van der Waals surface area contributed by atoms with Crippen LogP contribution in [0.2, 0.25) is 0 Å². The number of hydrogen-bond acceptors (Lipinski definition) is 2. The van der Waals surface area contributed by atoms with Crippen LogP contribution < -0.4 is 11.0 Å². The van der Waals surface area contributed by atoms with E-state index in [0.717, 1.165) is 17.4 Å². The van der Waals surface area contributed by atoms with Gasteiger partial charge in [-0.2, -0.15) is 0 Å². The minimum absolute atomic E-state index is 0.276. The van der Waals surface area contributed by atoms with Gasteiger partial charge in [-0.25, -0.2) is 0 Å². The van der Waals surface area contributed by atoms with Crippen LogP contribution in [0.25, 0.3) is 0 Å². The number of amidine groups is 1. The first-order valence-electron chi connectivity index (χ1n) is 12.0.